The van der Waals surface area contributed by atoms with E-state index in [0.29, 0.717) is 34.1 Å². The molecule has 1 heterocycles. The normalized spacial score (nSPS) is 14.3. The number of carbonyl (C=O) groups excluding carboxylic acids is 1. The Kier molecular flexibility index (Phi) is 6.02. The van der Waals surface area contributed by atoms with E-state index in [-0.39, 0.29) is 18.3 Å². The minimum atomic E-state index is -0.317. The molecule has 0 bridgehead atoms. The van der Waals surface area contributed by atoms with Gasteiger partial charge in [-0.3, -0.25) is 4.79 Å². The number of hydrogen-bond donors (Lipinski definition) is 1. The smallest absolute Gasteiger partial charge is 0.262 e. The fourth-order valence-corrected chi connectivity index (χ4v) is 4.30. The van der Waals surface area contributed by atoms with Crippen molar-refractivity contribution in [2.75, 3.05) is 11.9 Å². The molecular weight excluding hydrogens is 419 g/mol. The van der Waals surface area contributed by atoms with Gasteiger partial charge in [-0.15, -0.1) is 10.2 Å². The second-order valence-electron chi connectivity index (χ2n) is 8.41. The zero-order valence-corrected chi connectivity index (χ0v) is 18.2. The van der Waals surface area contributed by atoms with Crippen molar-refractivity contribution in [3.63, 3.8) is 0 Å². The molecule has 1 fully saturated rings. The summed E-state index contributed by atoms with van der Waals surface area (Å²) in [7, 11) is 0. The molecule has 1 aliphatic rings. The highest BCUT2D eigenvalue weighted by Crippen LogP contribution is 2.33. The van der Waals surface area contributed by atoms with Crippen LogP contribution in [0.3, 0.4) is 0 Å². The summed E-state index contributed by atoms with van der Waals surface area (Å²) >= 11 is 0. The van der Waals surface area contributed by atoms with Crippen LogP contribution in [0.15, 0.2) is 66.7 Å². The van der Waals surface area contributed by atoms with Crippen molar-refractivity contribution in [1.29, 1.82) is 0 Å². The molecule has 0 radical (unpaired) electrons. The number of ether oxygens (including phenoxy) is 1. The van der Waals surface area contributed by atoms with E-state index in [9.17, 15) is 9.18 Å². The molecule has 0 atom stereocenters. The van der Waals surface area contributed by atoms with Crippen molar-refractivity contribution in [2.24, 2.45) is 0 Å². The van der Waals surface area contributed by atoms with Crippen LogP contribution in [0.5, 0.6) is 5.75 Å². The number of anilines is 1. The Bertz CT molecular complexity index is 1250. The first kappa shape index (κ1) is 21.1. The summed E-state index contributed by atoms with van der Waals surface area (Å²) in [5.41, 5.74) is 3.91. The standard InChI is InChI=1S/C26H25FN4O2/c27-20-8-11-22(12-9-20)31-29-24-15-10-21(16-25(24)30-31)28-26(32)17-33-23-13-6-19(7-14-23)18-4-2-1-3-5-18/h6-16,18H,1-5,17H2,(H,28,32). The zero-order chi connectivity index (χ0) is 22.6. The summed E-state index contributed by atoms with van der Waals surface area (Å²) in [5.74, 6) is 0.758. The Balaban J connectivity index is 1.19. The van der Waals surface area contributed by atoms with Crippen LogP contribution in [0.1, 0.15) is 43.6 Å². The number of aromatic nitrogens is 3. The molecule has 33 heavy (non-hydrogen) atoms. The quantitative estimate of drug-likeness (QED) is 0.419. The Hall–Kier alpha value is -3.74. The maximum Gasteiger partial charge on any atom is 0.262 e. The molecule has 0 spiro atoms. The number of benzene rings is 3. The third-order valence-electron chi connectivity index (χ3n) is 6.05. The minimum Gasteiger partial charge on any atom is -0.484 e. The highest BCUT2D eigenvalue weighted by molar-refractivity contribution is 5.93. The van der Waals surface area contributed by atoms with Crippen LogP contribution in [0, 0.1) is 5.82 Å². The molecule has 3 aromatic carbocycles. The first-order valence-electron chi connectivity index (χ1n) is 11.3. The van der Waals surface area contributed by atoms with E-state index in [1.54, 1.807) is 30.3 Å². The Morgan fingerprint density at radius 3 is 2.42 bits per heavy atom. The first-order valence-corrected chi connectivity index (χ1v) is 11.3. The fourth-order valence-electron chi connectivity index (χ4n) is 4.30. The maximum absolute atomic E-state index is 13.1. The lowest BCUT2D eigenvalue weighted by Gasteiger charge is -2.22. The summed E-state index contributed by atoms with van der Waals surface area (Å²) in [4.78, 5) is 13.8. The van der Waals surface area contributed by atoms with E-state index >= 15 is 0 Å². The fraction of sp³-hybridized carbons (Fsp3) is 0.269. The summed E-state index contributed by atoms with van der Waals surface area (Å²) in [6.45, 7) is -0.0803. The zero-order valence-electron chi connectivity index (χ0n) is 18.2. The average molecular weight is 445 g/mol. The predicted octanol–water partition coefficient (Wildman–Crippen LogP) is 5.62. The van der Waals surface area contributed by atoms with E-state index in [1.807, 2.05) is 12.1 Å². The van der Waals surface area contributed by atoms with Crippen LogP contribution in [-0.4, -0.2) is 27.5 Å². The van der Waals surface area contributed by atoms with Crippen molar-refractivity contribution in [3.05, 3.63) is 78.1 Å². The lowest BCUT2D eigenvalue weighted by molar-refractivity contribution is -0.118. The molecule has 168 valence electrons. The molecule has 0 saturated heterocycles. The van der Waals surface area contributed by atoms with Gasteiger partial charge < -0.3 is 10.1 Å². The predicted molar refractivity (Wildman–Crippen MR) is 125 cm³/mol. The van der Waals surface area contributed by atoms with Crippen LogP contribution in [0.2, 0.25) is 0 Å². The number of rotatable bonds is 6. The number of hydrogen-bond acceptors (Lipinski definition) is 4. The van der Waals surface area contributed by atoms with Crippen LogP contribution in [-0.2, 0) is 4.79 Å². The second-order valence-corrected chi connectivity index (χ2v) is 8.41. The Morgan fingerprint density at radius 1 is 0.939 bits per heavy atom. The van der Waals surface area contributed by atoms with E-state index < -0.39 is 0 Å². The topological polar surface area (TPSA) is 69.0 Å². The molecule has 1 aliphatic carbocycles. The van der Waals surface area contributed by atoms with E-state index in [2.05, 4.69) is 27.6 Å². The van der Waals surface area contributed by atoms with Crippen LogP contribution in [0.4, 0.5) is 10.1 Å². The van der Waals surface area contributed by atoms with Crippen LogP contribution < -0.4 is 10.1 Å². The van der Waals surface area contributed by atoms with E-state index in [1.165, 1.54) is 54.6 Å². The first-order chi connectivity index (χ1) is 16.1. The van der Waals surface area contributed by atoms with Gasteiger partial charge in [0, 0.05) is 5.69 Å². The van der Waals surface area contributed by atoms with Crippen molar-refractivity contribution < 1.29 is 13.9 Å². The second kappa shape index (κ2) is 9.40. The maximum atomic E-state index is 13.1. The number of nitrogens with zero attached hydrogens (tertiary/aromatic N) is 3. The summed E-state index contributed by atoms with van der Waals surface area (Å²) in [5, 5.41) is 11.7. The number of carbonyl (C=O) groups is 1. The van der Waals surface area contributed by atoms with E-state index in [0.717, 1.165) is 0 Å². The average Bonchev–Trinajstić information content (AvgIpc) is 3.27. The lowest BCUT2D eigenvalue weighted by atomic mass is 9.84. The number of fused-ring (bicyclic) bond motifs is 1. The van der Waals surface area contributed by atoms with Crippen molar-refractivity contribution >= 4 is 22.6 Å². The van der Waals surface area contributed by atoms with Gasteiger partial charge in [-0.25, -0.2) is 4.39 Å². The largest absolute Gasteiger partial charge is 0.484 e. The molecule has 6 nitrogen and oxygen atoms in total. The molecule has 0 unspecified atom stereocenters. The van der Waals surface area contributed by atoms with Gasteiger partial charge in [0.25, 0.3) is 5.91 Å². The monoisotopic (exact) mass is 444 g/mol. The Labute approximate surface area is 191 Å². The summed E-state index contributed by atoms with van der Waals surface area (Å²) in [6.07, 6.45) is 6.45. The van der Waals surface area contributed by atoms with Crippen LogP contribution >= 0.6 is 0 Å². The van der Waals surface area contributed by atoms with Gasteiger partial charge >= 0.3 is 0 Å². The molecule has 1 N–H and O–H groups in total. The summed E-state index contributed by atoms with van der Waals surface area (Å²) in [6, 6.07) is 19.3. The SMILES string of the molecule is O=C(COc1ccc(C2CCCCC2)cc1)Nc1ccc2nn(-c3ccc(F)cc3)nc2c1. The van der Waals surface area contributed by atoms with Gasteiger partial charge in [0.1, 0.15) is 22.6 Å². The highest BCUT2D eigenvalue weighted by atomic mass is 19.1. The molecule has 1 aromatic heterocycles. The third kappa shape index (κ3) is 5.03. The Morgan fingerprint density at radius 2 is 1.67 bits per heavy atom. The van der Waals surface area contributed by atoms with Gasteiger partial charge in [0.2, 0.25) is 0 Å². The van der Waals surface area contributed by atoms with Crippen molar-refractivity contribution in [3.8, 4) is 11.4 Å². The van der Waals surface area contributed by atoms with Gasteiger partial charge in [-0.1, -0.05) is 31.4 Å². The van der Waals surface area contributed by atoms with Gasteiger partial charge in [-0.2, -0.15) is 4.80 Å². The van der Waals surface area contributed by atoms with Crippen molar-refractivity contribution in [2.45, 2.75) is 38.0 Å². The summed E-state index contributed by atoms with van der Waals surface area (Å²) < 4.78 is 18.8. The lowest BCUT2D eigenvalue weighted by Crippen LogP contribution is -2.20. The highest BCUT2D eigenvalue weighted by Gasteiger charge is 2.15. The number of halogens is 1. The molecular formula is C26H25FN4O2. The van der Waals surface area contributed by atoms with E-state index in [4.69, 9.17) is 4.74 Å². The molecule has 0 aliphatic heterocycles. The molecule has 4 aromatic rings. The number of nitrogens with one attached hydrogen (secondary N) is 1. The molecule has 1 amide bonds. The van der Waals surface area contributed by atoms with Gasteiger partial charge in [0.05, 0.1) is 5.69 Å². The third-order valence-corrected chi connectivity index (χ3v) is 6.05. The van der Waals surface area contributed by atoms with Crippen LogP contribution in [0.25, 0.3) is 16.7 Å². The van der Waals surface area contributed by atoms with Crippen molar-refractivity contribution in [1.82, 2.24) is 15.0 Å². The van der Waals surface area contributed by atoms with Gasteiger partial charge in [0.15, 0.2) is 6.61 Å². The number of amides is 1. The minimum absolute atomic E-state index is 0.0803. The molecule has 1 saturated carbocycles. The molecule has 5 rings (SSSR count). The molecule has 7 heteroatoms. The van der Waals surface area contributed by atoms with Gasteiger partial charge in [-0.05, 0) is 78.9 Å².